The molecule has 0 heterocycles. The van der Waals surface area contributed by atoms with Gasteiger partial charge in [0.2, 0.25) is 0 Å². The third kappa shape index (κ3) is 15.7. The van der Waals surface area contributed by atoms with Crippen molar-refractivity contribution < 1.29 is 22.1 Å². The first-order valence-electron chi connectivity index (χ1n) is 8.97. The van der Waals surface area contributed by atoms with Gasteiger partial charge in [0.1, 0.15) is 6.10 Å². The lowest BCUT2D eigenvalue weighted by molar-refractivity contribution is -0.142. The van der Waals surface area contributed by atoms with Crippen LogP contribution < -0.4 is 0 Å². The first-order valence-corrected chi connectivity index (χ1v) is 10.8. The number of carbonyl (C=O) groups is 1. The van der Waals surface area contributed by atoms with Crippen LogP contribution in [0.1, 0.15) is 65.2 Å². The predicted octanol–water partition coefficient (Wildman–Crippen LogP) is 3.60. The van der Waals surface area contributed by atoms with Gasteiger partial charge in [0.05, 0.1) is 6.26 Å². The number of hydrogen-bond acceptors (Lipinski definition) is 5. The average molecular weight is 383 g/mol. The minimum Gasteiger partial charge on any atom is -0.445 e. The van der Waals surface area contributed by atoms with Gasteiger partial charge in [-0.2, -0.15) is 8.42 Å². The molecule has 0 fully saturated rings. The third-order valence-corrected chi connectivity index (χ3v) is 3.96. The van der Waals surface area contributed by atoms with Gasteiger partial charge in [-0.3, -0.25) is 8.98 Å². The highest BCUT2D eigenvalue weighted by molar-refractivity contribution is 7.86. The molecule has 0 rings (SSSR count). The van der Waals surface area contributed by atoms with E-state index < -0.39 is 28.3 Å². The van der Waals surface area contributed by atoms with Crippen molar-refractivity contribution in [2.75, 3.05) is 6.26 Å². The molecule has 0 radical (unpaired) electrons. The molecule has 26 heavy (non-hydrogen) atoms. The Morgan fingerprint density at radius 3 is 2.19 bits per heavy atom. The molecule has 0 saturated carbocycles. The maximum absolute atomic E-state index is 11.4. The lowest BCUT2D eigenvalue weighted by Crippen LogP contribution is -2.15. The molecule has 5 nitrogen and oxygen atoms in total. The molecule has 0 aromatic heterocycles. The number of unbranched alkanes of at least 4 members (excludes halogenated alkanes) is 6. The normalized spacial score (nSPS) is 12.7. The molecule has 0 aromatic rings. The lowest BCUT2D eigenvalue weighted by atomic mass is 10.1. The maximum atomic E-state index is 11.4. The van der Waals surface area contributed by atoms with Gasteiger partial charge in [-0.15, -0.1) is 0 Å². The number of carbonyl (C=O) groups excluding carboxylic acids is 1. The zero-order valence-corrected chi connectivity index (χ0v) is 16.9. The average Bonchev–Trinajstić information content (AvgIpc) is 2.54. The van der Waals surface area contributed by atoms with Gasteiger partial charge >= 0.3 is 5.97 Å². The second-order valence-electron chi connectivity index (χ2n) is 6.00. The van der Waals surface area contributed by atoms with E-state index in [0.717, 1.165) is 25.5 Å². The largest absolute Gasteiger partial charge is 0.445 e. The summed E-state index contributed by atoms with van der Waals surface area (Å²) in [7, 11) is -3.59. The Morgan fingerprint density at radius 1 is 1.08 bits per heavy atom. The van der Waals surface area contributed by atoms with Gasteiger partial charge in [0, 0.05) is 6.92 Å². The third-order valence-electron chi connectivity index (χ3n) is 3.38. The smallest absolute Gasteiger partial charge is 0.304 e. The standard InChI is InChI=1S/C20H30O5S/c1-5-7-8-9-10-11-12-16-20(25-26(4,22)23)17-14-13-15-19(6-2)24-18(3)21/h6,19-20H,2,5,7-12,16H2,1,3-4H3/t19-,20+/m0/s1. The fourth-order valence-corrected chi connectivity index (χ4v) is 2.75. The molecule has 0 aliphatic carbocycles. The molecule has 0 unspecified atom stereocenters. The molecule has 0 amide bonds. The van der Waals surface area contributed by atoms with Crippen molar-refractivity contribution in [1.29, 1.82) is 0 Å². The Balaban J connectivity index is 4.57. The summed E-state index contributed by atoms with van der Waals surface area (Å²) in [6, 6.07) is 0. The highest BCUT2D eigenvalue weighted by atomic mass is 32.2. The van der Waals surface area contributed by atoms with E-state index in [9.17, 15) is 13.2 Å². The highest BCUT2D eigenvalue weighted by Gasteiger charge is 2.12. The summed E-state index contributed by atoms with van der Waals surface area (Å²) in [5.74, 6) is 10.0. The Bertz CT molecular complexity index is 643. The van der Waals surface area contributed by atoms with Crippen LogP contribution in [0.5, 0.6) is 0 Å². The summed E-state index contributed by atoms with van der Waals surface area (Å²) in [6.45, 7) is 6.98. The SMILES string of the molecule is C=C[C@@H](C#CC#C[C@@H](CCCCCCCCC)OS(C)(=O)=O)OC(C)=O. The van der Waals surface area contributed by atoms with Gasteiger partial charge in [0.25, 0.3) is 10.1 Å². The Morgan fingerprint density at radius 2 is 1.65 bits per heavy atom. The van der Waals surface area contributed by atoms with Crippen molar-refractivity contribution in [3.63, 3.8) is 0 Å². The summed E-state index contributed by atoms with van der Waals surface area (Å²) in [5.41, 5.74) is 0. The summed E-state index contributed by atoms with van der Waals surface area (Å²) in [5, 5.41) is 0. The molecule has 0 aromatic carbocycles. The van der Waals surface area contributed by atoms with E-state index in [-0.39, 0.29) is 0 Å². The highest BCUT2D eigenvalue weighted by Crippen LogP contribution is 2.12. The van der Waals surface area contributed by atoms with Crippen molar-refractivity contribution >= 4 is 16.1 Å². The molecule has 6 heteroatoms. The molecule has 0 saturated heterocycles. The van der Waals surface area contributed by atoms with Crippen LogP contribution in [0, 0.1) is 23.7 Å². The Hall–Kier alpha value is -1.76. The van der Waals surface area contributed by atoms with Gasteiger partial charge in [-0.1, -0.05) is 57.9 Å². The zero-order valence-electron chi connectivity index (χ0n) is 16.0. The Kier molecular flexibility index (Phi) is 13.4. The van der Waals surface area contributed by atoms with E-state index in [1.165, 1.54) is 38.7 Å². The number of ether oxygens (including phenoxy) is 1. The van der Waals surface area contributed by atoms with Crippen LogP contribution in [0.4, 0.5) is 0 Å². The lowest BCUT2D eigenvalue weighted by Gasteiger charge is -2.09. The van der Waals surface area contributed by atoms with Gasteiger partial charge in [-0.05, 0) is 36.7 Å². The summed E-state index contributed by atoms with van der Waals surface area (Å²) >= 11 is 0. The summed E-state index contributed by atoms with van der Waals surface area (Å²) in [4.78, 5) is 10.9. The van der Waals surface area contributed by atoms with Crippen LogP contribution in [0.25, 0.3) is 0 Å². The fourth-order valence-electron chi connectivity index (χ4n) is 2.18. The van der Waals surface area contributed by atoms with E-state index in [2.05, 4.69) is 37.2 Å². The molecule has 0 aliphatic heterocycles. The van der Waals surface area contributed by atoms with Gasteiger partial charge in [0.15, 0.2) is 6.10 Å². The van der Waals surface area contributed by atoms with E-state index >= 15 is 0 Å². The second-order valence-corrected chi connectivity index (χ2v) is 7.60. The van der Waals surface area contributed by atoms with Crippen molar-refractivity contribution in [2.24, 2.45) is 0 Å². The minimum absolute atomic E-state index is 0.464. The monoisotopic (exact) mass is 382 g/mol. The van der Waals surface area contributed by atoms with Crippen molar-refractivity contribution in [1.82, 2.24) is 0 Å². The number of hydrogen-bond donors (Lipinski definition) is 0. The topological polar surface area (TPSA) is 69.7 Å². The van der Waals surface area contributed by atoms with Gasteiger partial charge in [-0.25, -0.2) is 0 Å². The Labute approximate surface area is 158 Å². The van der Waals surface area contributed by atoms with Crippen LogP contribution in [0.3, 0.4) is 0 Å². The first kappa shape index (κ1) is 24.2. The van der Waals surface area contributed by atoms with E-state index in [0.29, 0.717) is 6.42 Å². The van der Waals surface area contributed by atoms with Crippen LogP contribution in [0.15, 0.2) is 12.7 Å². The zero-order chi connectivity index (χ0) is 19.8. The molecule has 146 valence electrons. The first-order chi connectivity index (χ1) is 12.3. The fraction of sp³-hybridized carbons (Fsp3) is 0.650. The number of rotatable bonds is 12. The van der Waals surface area contributed by atoms with Crippen LogP contribution in [-0.2, 0) is 23.8 Å². The van der Waals surface area contributed by atoms with E-state index in [1.807, 2.05) is 0 Å². The van der Waals surface area contributed by atoms with Gasteiger partial charge < -0.3 is 4.74 Å². The van der Waals surface area contributed by atoms with Crippen LogP contribution >= 0.6 is 0 Å². The van der Waals surface area contributed by atoms with Crippen LogP contribution in [-0.4, -0.2) is 32.9 Å². The van der Waals surface area contributed by atoms with Crippen LogP contribution in [0.2, 0.25) is 0 Å². The van der Waals surface area contributed by atoms with Crippen molar-refractivity contribution in [2.45, 2.75) is 77.4 Å². The van der Waals surface area contributed by atoms with E-state index in [1.54, 1.807) is 0 Å². The predicted molar refractivity (Wildman–Crippen MR) is 104 cm³/mol. The summed E-state index contributed by atoms with van der Waals surface area (Å²) < 4.78 is 32.6. The minimum atomic E-state index is -3.59. The van der Waals surface area contributed by atoms with E-state index in [4.69, 9.17) is 8.92 Å². The quantitative estimate of drug-likeness (QED) is 0.170. The summed E-state index contributed by atoms with van der Waals surface area (Å²) in [6.07, 6.45) is 9.36. The molecule has 0 N–H and O–H groups in total. The van der Waals surface area contributed by atoms with Crippen molar-refractivity contribution in [3.05, 3.63) is 12.7 Å². The molecular formula is C20H30O5S. The second kappa shape index (κ2) is 14.4. The molecule has 0 aliphatic rings. The molecule has 0 bridgehead atoms. The maximum Gasteiger partial charge on any atom is 0.304 e. The number of esters is 1. The molecule has 2 atom stereocenters. The molecular weight excluding hydrogens is 352 g/mol. The molecule has 0 spiro atoms. The van der Waals surface area contributed by atoms with Crippen molar-refractivity contribution in [3.8, 4) is 23.7 Å².